The molecule has 1 aromatic heterocycles. The van der Waals surface area contributed by atoms with Crippen molar-refractivity contribution in [2.45, 2.75) is 18.6 Å². The molecule has 1 amide bonds. The topological polar surface area (TPSA) is 76.8 Å². The number of furan rings is 1. The first-order chi connectivity index (χ1) is 11.8. The third kappa shape index (κ3) is 3.67. The molecule has 0 saturated carbocycles. The maximum atomic E-state index is 12.9. The summed E-state index contributed by atoms with van der Waals surface area (Å²) in [5, 5.41) is 0.588. The monoisotopic (exact) mass is 383 g/mol. The van der Waals surface area contributed by atoms with E-state index in [0.717, 1.165) is 24.7 Å². The lowest BCUT2D eigenvalue weighted by Crippen LogP contribution is -2.35. The predicted octanol–water partition coefficient (Wildman–Crippen LogP) is 3.08. The van der Waals surface area contributed by atoms with Gasteiger partial charge in [0.05, 0.1) is 12.8 Å². The zero-order valence-electron chi connectivity index (χ0n) is 13.9. The smallest absolute Gasteiger partial charge is 0.294 e. The highest BCUT2D eigenvalue weighted by Crippen LogP contribution is 2.40. The summed E-state index contributed by atoms with van der Waals surface area (Å²) in [7, 11) is -1.70. The van der Waals surface area contributed by atoms with Gasteiger partial charge in [-0.15, -0.1) is 0 Å². The summed E-state index contributed by atoms with van der Waals surface area (Å²) in [6.45, 7) is 0.505. The van der Waals surface area contributed by atoms with Gasteiger partial charge in [-0.3, -0.25) is 4.79 Å². The first-order valence-electron chi connectivity index (χ1n) is 7.74. The van der Waals surface area contributed by atoms with Gasteiger partial charge in [0, 0.05) is 17.8 Å². The molecule has 1 aliphatic heterocycles. The van der Waals surface area contributed by atoms with Crippen LogP contribution in [0, 0.1) is 0 Å². The fourth-order valence-electron chi connectivity index (χ4n) is 2.98. The summed E-state index contributed by atoms with van der Waals surface area (Å²) in [5.41, 5.74) is 1.51. The standard InChI is InChI=1S/C17H18ClNO5S/c1-23-14-8-6-13(18)12-4-3-9-19(16(12)14)17(20)15-7-5-11(24-15)10-25(2,21)22/h5-8H,3-4,9-10H2,1-2H3. The van der Waals surface area contributed by atoms with E-state index in [1.54, 1.807) is 17.0 Å². The van der Waals surface area contributed by atoms with Crippen molar-refractivity contribution >= 4 is 33.0 Å². The van der Waals surface area contributed by atoms with E-state index < -0.39 is 9.84 Å². The molecule has 0 aliphatic carbocycles. The molecule has 0 bridgehead atoms. The second-order valence-corrected chi connectivity index (χ2v) is 8.52. The van der Waals surface area contributed by atoms with E-state index in [1.165, 1.54) is 19.2 Å². The quantitative estimate of drug-likeness (QED) is 0.810. The maximum Gasteiger partial charge on any atom is 0.294 e. The van der Waals surface area contributed by atoms with Gasteiger partial charge < -0.3 is 14.1 Å². The maximum absolute atomic E-state index is 12.9. The van der Waals surface area contributed by atoms with Gasteiger partial charge in [0.15, 0.2) is 15.6 Å². The van der Waals surface area contributed by atoms with E-state index in [2.05, 4.69) is 0 Å². The molecule has 0 radical (unpaired) electrons. The van der Waals surface area contributed by atoms with Gasteiger partial charge >= 0.3 is 0 Å². The third-order valence-electron chi connectivity index (χ3n) is 4.01. The Labute approximate surface area is 151 Å². The first kappa shape index (κ1) is 17.8. The average Bonchev–Trinajstić information content (AvgIpc) is 3.01. The van der Waals surface area contributed by atoms with E-state index in [4.69, 9.17) is 20.8 Å². The Kier molecular flexibility index (Phi) is 4.79. The van der Waals surface area contributed by atoms with Crippen molar-refractivity contribution in [1.82, 2.24) is 0 Å². The number of amides is 1. The Morgan fingerprint density at radius 1 is 1.32 bits per heavy atom. The van der Waals surface area contributed by atoms with Gasteiger partial charge in [-0.1, -0.05) is 11.6 Å². The lowest BCUT2D eigenvalue weighted by atomic mass is 10.0. The Balaban J connectivity index is 1.96. The van der Waals surface area contributed by atoms with Crippen LogP contribution in [0.4, 0.5) is 5.69 Å². The number of sulfone groups is 1. The van der Waals surface area contributed by atoms with Gasteiger partial charge in [0.1, 0.15) is 17.3 Å². The number of hydrogen-bond acceptors (Lipinski definition) is 5. The van der Waals surface area contributed by atoms with E-state index >= 15 is 0 Å². The third-order valence-corrected chi connectivity index (χ3v) is 5.17. The molecule has 0 N–H and O–H groups in total. The number of methoxy groups -OCH3 is 1. The molecule has 3 rings (SSSR count). The number of rotatable bonds is 4. The number of nitrogens with zero attached hydrogens (tertiary/aromatic N) is 1. The second kappa shape index (κ2) is 6.72. The van der Waals surface area contributed by atoms with Gasteiger partial charge in [-0.2, -0.15) is 0 Å². The molecule has 134 valence electrons. The molecule has 0 unspecified atom stereocenters. The van der Waals surface area contributed by atoms with E-state index in [0.29, 0.717) is 23.0 Å². The van der Waals surface area contributed by atoms with Gasteiger partial charge in [-0.05, 0) is 42.7 Å². The van der Waals surface area contributed by atoms with Gasteiger partial charge in [0.2, 0.25) is 0 Å². The van der Waals surface area contributed by atoms with Crippen molar-refractivity contribution in [2.75, 3.05) is 24.8 Å². The molecule has 0 atom stereocenters. The number of halogens is 1. The zero-order valence-corrected chi connectivity index (χ0v) is 15.5. The average molecular weight is 384 g/mol. The van der Waals surface area contributed by atoms with Crippen molar-refractivity contribution < 1.29 is 22.4 Å². The highest BCUT2D eigenvalue weighted by atomic mass is 35.5. The molecular formula is C17H18ClNO5S. The molecule has 6 nitrogen and oxygen atoms in total. The highest BCUT2D eigenvalue weighted by Gasteiger charge is 2.30. The van der Waals surface area contributed by atoms with Crippen molar-refractivity contribution in [3.63, 3.8) is 0 Å². The van der Waals surface area contributed by atoms with E-state index in [9.17, 15) is 13.2 Å². The molecule has 25 heavy (non-hydrogen) atoms. The summed E-state index contributed by atoms with van der Waals surface area (Å²) in [5.74, 6) is 0.303. The highest BCUT2D eigenvalue weighted by molar-refractivity contribution is 7.89. The van der Waals surface area contributed by atoms with Crippen LogP contribution in [0.3, 0.4) is 0 Å². The van der Waals surface area contributed by atoms with Crippen molar-refractivity contribution in [3.8, 4) is 5.75 Å². The molecule has 1 aromatic carbocycles. The summed E-state index contributed by atoms with van der Waals surface area (Å²) < 4.78 is 33.6. The summed E-state index contributed by atoms with van der Waals surface area (Å²) in [6, 6.07) is 6.48. The first-order valence-corrected chi connectivity index (χ1v) is 10.2. The number of carbonyl (C=O) groups is 1. The minimum Gasteiger partial charge on any atom is -0.495 e. The number of anilines is 1. The fraction of sp³-hybridized carbons (Fsp3) is 0.353. The van der Waals surface area contributed by atoms with Crippen molar-refractivity contribution in [1.29, 1.82) is 0 Å². The zero-order chi connectivity index (χ0) is 18.2. The van der Waals surface area contributed by atoms with Crippen LogP contribution < -0.4 is 9.64 Å². The summed E-state index contributed by atoms with van der Waals surface area (Å²) in [4.78, 5) is 14.5. The Hall–Kier alpha value is -1.99. The van der Waals surface area contributed by atoms with Crippen LogP contribution in [0.5, 0.6) is 5.75 Å². The van der Waals surface area contributed by atoms with Crippen LogP contribution in [0.1, 0.15) is 28.3 Å². The number of ether oxygens (including phenoxy) is 1. The second-order valence-electron chi connectivity index (χ2n) is 5.97. The molecule has 0 saturated heterocycles. The molecule has 2 aromatic rings. The Morgan fingerprint density at radius 2 is 2.08 bits per heavy atom. The fourth-order valence-corrected chi connectivity index (χ4v) is 3.90. The van der Waals surface area contributed by atoms with E-state index in [1.807, 2.05) is 0 Å². The number of benzene rings is 1. The number of carbonyl (C=O) groups excluding carboxylic acids is 1. The van der Waals surface area contributed by atoms with Crippen LogP contribution in [0.15, 0.2) is 28.7 Å². The minimum absolute atomic E-state index is 0.0912. The Bertz CT molecular complexity index is 919. The molecule has 0 fully saturated rings. The van der Waals surface area contributed by atoms with Gasteiger partial charge in [-0.25, -0.2) is 8.42 Å². The number of hydrogen-bond donors (Lipinski definition) is 0. The SMILES string of the molecule is COc1ccc(Cl)c2c1N(C(=O)c1ccc(CS(C)(=O)=O)o1)CCC2. The molecule has 1 aliphatic rings. The minimum atomic E-state index is -3.24. The molecule has 2 heterocycles. The summed E-state index contributed by atoms with van der Waals surface area (Å²) in [6.07, 6.45) is 2.64. The largest absolute Gasteiger partial charge is 0.495 e. The van der Waals surface area contributed by atoms with Crippen LogP contribution in [0.25, 0.3) is 0 Å². The van der Waals surface area contributed by atoms with Crippen molar-refractivity contribution in [3.05, 3.63) is 46.4 Å². The van der Waals surface area contributed by atoms with Crippen LogP contribution in [0.2, 0.25) is 5.02 Å². The summed E-state index contributed by atoms with van der Waals surface area (Å²) >= 11 is 6.28. The van der Waals surface area contributed by atoms with Gasteiger partial charge in [0.25, 0.3) is 5.91 Å². The number of fused-ring (bicyclic) bond motifs is 1. The molecule has 0 spiro atoms. The predicted molar refractivity (Wildman–Crippen MR) is 95.3 cm³/mol. The van der Waals surface area contributed by atoms with Crippen molar-refractivity contribution in [2.24, 2.45) is 0 Å². The lowest BCUT2D eigenvalue weighted by Gasteiger charge is -2.30. The molecule has 8 heteroatoms. The lowest BCUT2D eigenvalue weighted by molar-refractivity contribution is 0.0956. The normalized spacial score (nSPS) is 14.3. The Morgan fingerprint density at radius 3 is 2.76 bits per heavy atom. The van der Waals surface area contributed by atoms with Crippen LogP contribution in [-0.2, 0) is 22.0 Å². The van der Waals surface area contributed by atoms with Crippen LogP contribution >= 0.6 is 11.6 Å². The molecular weight excluding hydrogens is 366 g/mol. The van der Waals surface area contributed by atoms with E-state index in [-0.39, 0.29) is 23.2 Å². The van der Waals surface area contributed by atoms with Crippen LogP contribution in [-0.4, -0.2) is 34.2 Å².